The first-order chi connectivity index (χ1) is 9.11. The third-order valence-electron chi connectivity index (χ3n) is 3.99. The van der Waals surface area contributed by atoms with Gasteiger partial charge in [-0.3, -0.25) is 0 Å². The smallest absolute Gasteiger partial charge is 0.128 e. The fourth-order valence-corrected chi connectivity index (χ4v) is 3.15. The van der Waals surface area contributed by atoms with Crippen molar-refractivity contribution in [3.05, 3.63) is 22.3 Å². The van der Waals surface area contributed by atoms with Crippen LogP contribution in [0.5, 0.6) is 11.5 Å². The van der Waals surface area contributed by atoms with Gasteiger partial charge in [0.1, 0.15) is 23.7 Å². The summed E-state index contributed by atoms with van der Waals surface area (Å²) in [6.07, 6.45) is 2.40. The molecule has 1 aromatic carbocycles. The van der Waals surface area contributed by atoms with Gasteiger partial charge < -0.3 is 14.3 Å². The molecule has 3 rings (SSSR count). The van der Waals surface area contributed by atoms with E-state index in [0.717, 1.165) is 24.3 Å². The van der Waals surface area contributed by atoms with E-state index in [2.05, 4.69) is 26.3 Å². The maximum Gasteiger partial charge on any atom is 0.128 e. The first-order valence-electron chi connectivity index (χ1n) is 6.88. The van der Waals surface area contributed by atoms with Crippen LogP contribution in [-0.4, -0.2) is 19.3 Å². The van der Waals surface area contributed by atoms with Crippen molar-refractivity contribution in [2.75, 3.05) is 7.11 Å². The SMILES string of the molecule is CONCc1c2c(c(C)c3c1OC(C)C3)OC(C)C2. The second-order valence-corrected chi connectivity index (χ2v) is 5.51. The highest BCUT2D eigenvalue weighted by Gasteiger charge is 2.33. The zero-order chi connectivity index (χ0) is 13.6. The lowest BCUT2D eigenvalue weighted by molar-refractivity contribution is 0.0856. The molecule has 0 amide bonds. The average Bonchev–Trinajstić information content (AvgIpc) is 2.93. The van der Waals surface area contributed by atoms with E-state index in [-0.39, 0.29) is 12.2 Å². The number of nitrogens with one attached hydrogen (secondary N) is 1. The van der Waals surface area contributed by atoms with Crippen LogP contribution in [-0.2, 0) is 24.2 Å². The summed E-state index contributed by atoms with van der Waals surface area (Å²) in [6.45, 7) is 7.03. The lowest BCUT2D eigenvalue weighted by Crippen LogP contribution is -2.14. The van der Waals surface area contributed by atoms with Gasteiger partial charge in [-0.2, -0.15) is 5.48 Å². The Morgan fingerprint density at radius 2 is 1.74 bits per heavy atom. The topological polar surface area (TPSA) is 39.7 Å². The molecule has 0 spiro atoms. The number of rotatable bonds is 3. The Hall–Kier alpha value is -1.26. The highest BCUT2D eigenvalue weighted by molar-refractivity contribution is 5.62. The van der Waals surface area contributed by atoms with Crippen molar-refractivity contribution in [1.29, 1.82) is 0 Å². The van der Waals surface area contributed by atoms with E-state index in [1.807, 2.05) is 0 Å². The molecule has 0 aromatic heterocycles. The van der Waals surface area contributed by atoms with Crippen LogP contribution >= 0.6 is 0 Å². The molecule has 4 heteroatoms. The molecular weight excluding hydrogens is 242 g/mol. The maximum absolute atomic E-state index is 6.03. The highest BCUT2D eigenvalue weighted by atomic mass is 16.6. The summed E-state index contributed by atoms with van der Waals surface area (Å²) in [7, 11) is 1.64. The molecule has 2 unspecified atom stereocenters. The minimum Gasteiger partial charge on any atom is -0.490 e. The molecule has 2 heterocycles. The van der Waals surface area contributed by atoms with Crippen molar-refractivity contribution in [1.82, 2.24) is 5.48 Å². The number of hydroxylamine groups is 1. The van der Waals surface area contributed by atoms with E-state index in [0.29, 0.717) is 6.54 Å². The molecule has 0 saturated heterocycles. The molecule has 2 aliphatic heterocycles. The summed E-state index contributed by atoms with van der Waals surface area (Å²) in [5.74, 6) is 2.11. The van der Waals surface area contributed by atoms with Crippen LogP contribution in [0, 0.1) is 6.92 Å². The lowest BCUT2D eigenvalue weighted by atomic mass is 9.94. The zero-order valence-electron chi connectivity index (χ0n) is 12.0. The standard InChI is InChI=1S/C15H21NO3/c1-8-5-11-10(3)14-12(6-9(2)18-14)13(7-16-17-4)15(11)19-8/h8-9,16H,5-7H2,1-4H3. The average molecular weight is 263 g/mol. The number of ether oxygens (including phenoxy) is 2. The summed E-state index contributed by atoms with van der Waals surface area (Å²) < 4.78 is 12.0. The summed E-state index contributed by atoms with van der Waals surface area (Å²) in [5.41, 5.74) is 7.97. The van der Waals surface area contributed by atoms with Crippen molar-refractivity contribution in [2.45, 2.75) is 52.4 Å². The molecule has 2 atom stereocenters. The Morgan fingerprint density at radius 3 is 2.42 bits per heavy atom. The predicted molar refractivity (Wildman–Crippen MR) is 72.6 cm³/mol. The Balaban J connectivity index is 2.12. The summed E-state index contributed by atoms with van der Waals surface area (Å²) >= 11 is 0. The number of hydrogen-bond donors (Lipinski definition) is 1. The van der Waals surface area contributed by atoms with E-state index < -0.39 is 0 Å². The molecule has 1 N–H and O–H groups in total. The van der Waals surface area contributed by atoms with Crippen LogP contribution in [0.1, 0.15) is 36.1 Å². The van der Waals surface area contributed by atoms with Gasteiger partial charge >= 0.3 is 0 Å². The fraction of sp³-hybridized carbons (Fsp3) is 0.600. The van der Waals surface area contributed by atoms with E-state index >= 15 is 0 Å². The largest absolute Gasteiger partial charge is 0.490 e. The third-order valence-corrected chi connectivity index (χ3v) is 3.99. The molecule has 19 heavy (non-hydrogen) atoms. The molecule has 0 saturated carbocycles. The van der Waals surface area contributed by atoms with Crippen LogP contribution in [0.4, 0.5) is 0 Å². The summed E-state index contributed by atoms with van der Waals surface area (Å²) in [6, 6.07) is 0. The van der Waals surface area contributed by atoms with Gasteiger partial charge in [0.15, 0.2) is 0 Å². The van der Waals surface area contributed by atoms with Gasteiger partial charge in [-0.1, -0.05) is 0 Å². The van der Waals surface area contributed by atoms with Gasteiger partial charge in [-0.05, 0) is 26.3 Å². The number of hydrogen-bond acceptors (Lipinski definition) is 4. The Kier molecular flexibility index (Phi) is 3.15. The van der Waals surface area contributed by atoms with Crippen molar-refractivity contribution in [3.63, 3.8) is 0 Å². The number of fused-ring (bicyclic) bond motifs is 2. The van der Waals surface area contributed by atoms with Gasteiger partial charge in [0.2, 0.25) is 0 Å². The van der Waals surface area contributed by atoms with Crippen LogP contribution in [0.25, 0.3) is 0 Å². The lowest BCUT2D eigenvalue weighted by Gasteiger charge is -2.16. The monoisotopic (exact) mass is 263 g/mol. The van der Waals surface area contributed by atoms with E-state index in [1.54, 1.807) is 7.11 Å². The minimum absolute atomic E-state index is 0.245. The molecular formula is C15H21NO3. The van der Waals surface area contributed by atoms with E-state index in [4.69, 9.17) is 14.3 Å². The summed E-state index contributed by atoms with van der Waals surface area (Å²) in [5, 5.41) is 0. The second kappa shape index (κ2) is 4.69. The normalized spacial score (nSPS) is 23.8. The molecule has 2 aliphatic rings. The molecule has 4 nitrogen and oxygen atoms in total. The zero-order valence-corrected chi connectivity index (χ0v) is 12.0. The minimum atomic E-state index is 0.245. The van der Waals surface area contributed by atoms with Gasteiger partial charge in [-0.25, -0.2) is 0 Å². The highest BCUT2D eigenvalue weighted by Crippen LogP contribution is 2.46. The van der Waals surface area contributed by atoms with Crippen molar-refractivity contribution in [3.8, 4) is 11.5 Å². The van der Waals surface area contributed by atoms with Crippen molar-refractivity contribution < 1.29 is 14.3 Å². The third kappa shape index (κ3) is 1.99. The number of benzene rings is 1. The Morgan fingerprint density at radius 1 is 1.11 bits per heavy atom. The van der Waals surface area contributed by atoms with Crippen LogP contribution in [0.3, 0.4) is 0 Å². The molecule has 104 valence electrons. The van der Waals surface area contributed by atoms with Crippen LogP contribution in [0.2, 0.25) is 0 Å². The second-order valence-electron chi connectivity index (χ2n) is 5.51. The van der Waals surface area contributed by atoms with Gasteiger partial charge in [0, 0.05) is 29.5 Å². The quantitative estimate of drug-likeness (QED) is 0.849. The molecule has 0 radical (unpaired) electrons. The Bertz CT molecular complexity index is 474. The summed E-state index contributed by atoms with van der Waals surface area (Å²) in [4.78, 5) is 5.00. The Labute approximate surface area is 114 Å². The predicted octanol–water partition coefficient (Wildman–Crippen LogP) is 2.29. The van der Waals surface area contributed by atoms with Crippen molar-refractivity contribution in [2.24, 2.45) is 0 Å². The van der Waals surface area contributed by atoms with Gasteiger partial charge in [0.25, 0.3) is 0 Å². The first-order valence-corrected chi connectivity index (χ1v) is 6.88. The maximum atomic E-state index is 6.03. The van der Waals surface area contributed by atoms with Crippen LogP contribution < -0.4 is 15.0 Å². The van der Waals surface area contributed by atoms with E-state index in [1.165, 1.54) is 22.3 Å². The molecule has 1 aromatic rings. The van der Waals surface area contributed by atoms with Gasteiger partial charge in [-0.15, -0.1) is 0 Å². The van der Waals surface area contributed by atoms with Crippen molar-refractivity contribution >= 4 is 0 Å². The van der Waals surface area contributed by atoms with Crippen LogP contribution in [0.15, 0.2) is 0 Å². The molecule has 0 bridgehead atoms. The van der Waals surface area contributed by atoms with Gasteiger partial charge in [0.05, 0.1) is 13.7 Å². The first kappa shape index (κ1) is 12.8. The molecule has 0 fully saturated rings. The molecule has 0 aliphatic carbocycles. The van der Waals surface area contributed by atoms with E-state index in [9.17, 15) is 0 Å². The fourth-order valence-electron chi connectivity index (χ4n) is 3.15.